The molecule has 0 aliphatic carbocycles. The van der Waals surface area contributed by atoms with Gasteiger partial charge in [-0.1, -0.05) is 77.7 Å². The molecule has 100 valence electrons. The van der Waals surface area contributed by atoms with E-state index in [0.29, 0.717) is 0 Å². The Morgan fingerprint density at radius 2 is 1.52 bits per heavy atom. The maximum atomic E-state index is 6.16. The Morgan fingerprint density at radius 3 is 2.38 bits per heavy atom. The minimum Gasteiger partial charge on any atom is -0.420 e. The van der Waals surface area contributed by atoms with Crippen molar-refractivity contribution in [1.29, 1.82) is 0 Å². The monoisotopic (exact) mass is 289 g/mol. The van der Waals surface area contributed by atoms with Crippen molar-refractivity contribution >= 4 is 35.1 Å². The molecule has 0 amide bonds. The Labute approximate surface area is 129 Å². The van der Waals surface area contributed by atoms with Crippen LogP contribution in [0, 0.1) is 0 Å². The first-order chi connectivity index (χ1) is 10.3. The zero-order valence-corrected chi connectivity index (χ0v) is 12.1. The van der Waals surface area contributed by atoms with E-state index in [-0.39, 0.29) is 6.85 Å². The lowest BCUT2D eigenvalue weighted by Gasteiger charge is -2.27. The minimum absolute atomic E-state index is 0.161. The molecule has 1 aliphatic rings. The summed E-state index contributed by atoms with van der Waals surface area (Å²) in [4.78, 5) is 0. The molecule has 21 heavy (non-hydrogen) atoms. The van der Waals surface area contributed by atoms with E-state index in [4.69, 9.17) is 11.6 Å². The third-order valence-corrected chi connectivity index (χ3v) is 4.21. The third kappa shape index (κ3) is 2.12. The molecule has 3 aromatic carbocycles. The summed E-state index contributed by atoms with van der Waals surface area (Å²) in [5, 5.41) is 4.38. The van der Waals surface area contributed by atoms with Gasteiger partial charge in [-0.15, -0.1) is 0 Å². The topological polar surface area (TPSA) is 12.0 Å². The minimum atomic E-state index is 0.161. The van der Waals surface area contributed by atoms with Crippen LogP contribution in [0.4, 0.5) is 5.69 Å². The number of nitrogens with one attached hydrogen (secondary N) is 1. The Hall–Kier alpha value is -2.19. The van der Waals surface area contributed by atoms with Gasteiger partial charge >= 0.3 is 6.85 Å². The molecule has 1 N–H and O–H groups in total. The summed E-state index contributed by atoms with van der Waals surface area (Å²) in [5.41, 5.74) is 6.14. The molecule has 3 aromatic rings. The number of hydrogen-bond donors (Lipinski definition) is 1. The normalized spacial score (nSPS) is 12.3. The summed E-state index contributed by atoms with van der Waals surface area (Å²) >= 11 is 6.16. The fourth-order valence-corrected chi connectivity index (χ4v) is 3.18. The summed E-state index contributed by atoms with van der Waals surface area (Å²) in [6, 6.07) is 25.1. The van der Waals surface area contributed by atoms with Gasteiger partial charge in [0.15, 0.2) is 0 Å². The van der Waals surface area contributed by atoms with E-state index in [1.54, 1.807) is 0 Å². The average molecular weight is 290 g/mol. The van der Waals surface area contributed by atoms with Crippen LogP contribution in [0.1, 0.15) is 0 Å². The van der Waals surface area contributed by atoms with Crippen molar-refractivity contribution in [3.8, 4) is 11.1 Å². The lowest BCUT2D eigenvalue weighted by molar-refractivity contribution is 1.57. The highest BCUT2D eigenvalue weighted by molar-refractivity contribution is 6.89. The van der Waals surface area contributed by atoms with Crippen molar-refractivity contribution < 1.29 is 0 Å². The number of benzene rings is 3. The van der Waals surface area contributed by atoms with Crippen molar-refractivity contribution in [3.63, 3.8) is 0 Å². The Kier molecular flexibility index (Phi) is 2.97. The molecule has 1 aliphatic heterocycles. The highest BCUT2D eigenvalue weighted by Crippen LogP contribution is 2.32. The maximum absolute atomic E-state index is 6.16. The molecular weight excluding hydrogens is 276 g/mol. The lowest BCUT2D eigenvalue weighted by Crippen LogP contribution is -2.51. The van der Waals surface area contributed by atoms with Gasteiger partial charge in [-0.25, -0.2) is 0 Å². The second-order valence-corrected chi connectivity index (χ2v) is 5.70. The zero-order valence-electron chi connectivity index (χ0n) is 11.4. The predicted octanol–water partition coefficient (Wildman–Crippen LogP) is 3.54. The van der Waals surface area contributed by atoms with E-state index in [9.17, 15) is 0 Å². The van der Waals surface area contributed by atoms with Gasteiger partial charge in [-0.05, 0) is 23.2 Å². The van der Waals surface area contributed by atoms with E-state index in [2.05, 4.69) is 59.8 Å². The number of hydrogen-bond acceptors (Lipinski definition) is 1. The van der Waals surface area contributed by atoms with Gasteiger partial charge in [0.1, 0.15) is 0 Å². The van der Waals surface area contributed by atoms with Gasteiger partial charge in [0, 0.05) is 16.3 Å². The Balaban J connectivity index is 1.93. The van der Waals surface area contributed by atoms with Crippen LogP contribution in [0.3, 0.4) is 0 Å². The van der Waals surface area contributed by atoms with Crippen LogP contribution >= 0.6 is 11.6 Å². The van der Waals surface area contributed by atoms with Gasteiger partial charge in [-0.3, -0.25) is 0 Å². The van der Waals surface area contributed by atoms with Gasteiger partial charge in [-0.2, -0.15) is 0 Å². The van der Waals surface area contributed by atoms with Crippen LogP contribution in [0.5, 0.6) is 0 Å². The van der Waals surface area contributed by atoms with Crippen molar-refractivity contribution in [2.45, 2.75) is 0 Å². The van der Waals surface area contributed by atoms with Crippen LogP contribution in [0.2, 0.25) is 5.02 Å². The SMILES string of the molecule is Clc1ccc2c(c1)NB(c1ccccc1)c1ccccc1-2. The molecule has 0 atom stereocenters. The van der Waals surface area contributed by atoms with E-state index in [0.717, 1.165) is 10.7 Å². The van der Waals surface area contributed by atoms with Crippen LogP contribution in [-0.4, -0.2) is 6.85 Å². The first-order valence-corrected chi connectivity index (χ1v) is 7.41. The first kappa shape index (κ1) is 12.5. The molecule has 1 heterocycles. The van der Waals surface area contributed by atoms with Crippen molar-refractivity contribution in [1.82, 2.24) is 0 Å². The first-order valence-electron chi connectivity index (χ1n) is 7.03. The van der Waals surface area contributed by atoms with Crippen LogP contribution in [0.15, 0.2) is 72.8 Å². The maximum Gasteiger partial charge on any atom is 0.321 e. The van der Waals surface area contributed by atoms with E-state index >= 15 is 0 Å². The number of anilines is 1. The standard InChI is InChI=1S/C18H13BClN/c20-14-10-11-16-15-8-4-5-9-17(15)19(21-18(16)12-14)13-6-2-1-3-7-13/h1-12,21H. The quantitative estimate of drug-likeness (QED) is 0.676. The molecule has 3 heteroatoms. The van der Waals surface area contributed by atoms with Crippen molar-refractivity contribution in [2.75, 3.05) is 5.23 Å². The molecule has 0 saturated heterocycles. The van der Waals surface area contributed by atoms with Crippen molar-refractivity contribution in [3.05, 3.63) is 77.8 Å². The van der Waals surface area contributed by atoms with Crippen LogP contribution < -0.4 is 16.2 Å². The van der Waals surface area contributed by atoms with E-state index in [1.807, 2.05) is 18.2 Å². The van der Waals surface area contributed by atoms with Gasteiger partial charge in [0.2, 0.25) is 0 Å². The highest BCUT2D eigenvalue weighted by atomic mass is 35.5. The highest BCUT2D eigenvalue weighted by Gasteiger charge is 2.28. The average Bonchev–Trinajstić information content (AvgIpc) is 2.54. The van der Waals surface area contributed by atoms with Gasteiger partial charge in [0.25, 0.3) is 0 Å². The second-order valence-electron chi connectivity index (χ2n) is 5.27. The molecule has 0 unspecified atom stereocenters. The number of fused-ring (bicyclic) bond motifs is 3. The number of halogens is 1. The van der Waals surface area contributed by atoms with Crippen LogP contribution in [0.25, 0.3) is 11.1 Å². The summed E-state index contributed by atoms with van der Waals surface area (Å²) in [5.74, 6) is 0. The summed E-state index contributed by atoms with van der Waals surface area (Å²) in [6.45, 7) is 0.161. The summed E-state index contributed by atoms with van der Waals surface area (Å²) in [7, 11) is 0. The fraction of sp³-hybridized carbons (Fsp3) is 0. The molecular formula is C18H13BClN. The Morgan fingerprint density at radius 1 is 0.762 bits per heavy atom. The van der Waals surface area contributed by atoms with Gasteiger partial charge < -0.3 is 5.23 Å². The largest absolute Gasteiger partial charge is 0.420 e. The van der Waals surface area contributed by atoms with E-state index in [1.165, 1.54) is 22.1 Å². The number of rotatable bonds is 1. The molecule has 0 spiro atoms. The van der Waals surface area contributed by atoms with Gasteiger partial charge in [0.05, 0.1) is 0 Å². The summed E-state index contributed by atoms with van der Waals surface area (Å²) in [6.07, 6.45) is 0. The third-order valence-electron chi connectivity index (χ3n) is 3.98. The Bertz CT molecular complexity index is 801. The molecule has 0 aromatic heterocycles. The van der Waals surface area contributed by atoms with E-state index < -0.39 is 0 Å². The second kappa shape index (κ2) is 4.98. The molecule has 0 saturated carbocycles. The predicted molar refractivity (Wildman–Crippen MR) is 92.0 cm³/mol. The van der Waals surface area contributed by atoms with Crippen LogP contribution in [-0.2, 0) is 0 Å². The van der Waals surface area contributed by atoms with Crippen molar-refractivity contribution in [2.24, 2.45) is 0 Å². The molecule has 1 nitrogen and oxygen atoms in total. The molecule has 0 bridgehead atoms. The molecule has 4 rings (SSSR count). The smallest absolute Gasteiger partial charge is 0.321 e. The molecule has 0 fully saturated rings. The fourth-order valence-electron chi connectivity index (χ4n) is 3.01. The summed E-state index contributed by atoms with van der Waals surface area (Å²) < 4.78 is 0. The molecule has 0 radical (unpaired) electrons. The lowest BCUT2D eigenvalue weighted by atomic mass is 9.48. The zero-order chi connectivity index (χ0) is 14.2.